The fourth-order valence-corrected chi connectivity index (χ4v) is 4.27. The number of nitrogens with zero attached hydrogens (tertiary/aromatic N) is 3. The summed E-state index contributed by atoms with van der Waals surface area (Å²) in [6.45, 7) is 2.63. The average Bonchev–Trinajstić information content (AvgIpc) is 3.31. The maximum Gasteiger partial charge on any atom is 0.271 e. The van der Waals surface area contributed by atoms with Crippen LogP contribution in [0.4, 0.5) is 8.78 Å². The van der Waals surface area contributed by atoms with Crippen molar-refractivity contribution in [2.45, 2.75) is 37.6 Å². The zero-order valence-electron chi connectivity index (χ0n) is 16.3. The van der Waals surface area contributed by atoms with Crippen LogP contribution in [0.1, 0.15) is 41.3 Å². The maximum absolute atomic E-state index is 13.5. The molecule has 1 fully saturated rings. The van der Waals surface area contributed by atoms with Gasteiger partial charge in [-0.05, 0) is 31.5 Å². The molecule has 158 valence electrons. The van der Waals surface area contributed by atoms with Gasteiger partial charge in [0.2, 0.25) is 5.91 Å². The molecule has 6 nitrogen and oxygen atoms in total. The van der Waals surface area contributed by atoms with E-state index in [-0.39, 0.29) is 5.69 Å². The predicted octanol–water partition coefficient (Wildman–Crippen LogP) is 3.61. The van der Waals surface area contributed by atoms with Crippen LogP contribution in [-0.2, 0) is 10.2 Å². The number of amides is 2. The summed E-state index contributed by atoms with van der Waals surface area (Å²) in [5.74, 6) is -4.42. The Bertz CT molecular complexity index is 1000. The lowest BCUT2D eigenvalue weighted by molar-refractivity contribution is -0.131. The molecule has 0 aliphatic carbocycles. The summed E-state index contributed by atoms with van der Waals surface area (Å²) in [6, 6.07) is 7.84. The first-order valence-corrected chi connectivity index (χ1v) is 10.4. The van der Waals surface area contributed by atoms with E-state index >= 15 is 0 Å². The van der Waals surface area contributed by atoms with Crippen LogP contribution < -0.4 is 5.32 Å². The van der Waals surface area contributed by atoms with E-state index in [1.807, 2.05) is 26.0 Å². The first-order valence-electron chi connectivity index (χ1n) is 9.11. The van der Waals surface area contributed by atoms with Gasteiger partial charge in [0, 0.05) is 22.2 Å². The summed E-state index contributed by atoms with van der Waals surface area (Å²) in [4.78, 5) is 29.8. The first kappa shape index (κ1) is 22.1. The molecule has 1 aromatic heterocycles. The minimum absolute atomic E-state index is 0.133. The molecule has 2 amide bonds. The molecule has 1 aliphatic heterocycles. The van der Waals surface area contributed by atoms with Crippen LogP contribution >= 0.6 is 22.9 Å². The number of thiazole rings is 1. The number of nitrogens with one attached hydrogen (secondary N) is 1. The average molecular weight is 453 g/mol. The Morgan fingerprint density at radius 2 is 2.07 bits per heavy atom. The van der Waals surface area contributed by atoms with E-state index in [4.69, 9.17) is 16.9 Å². The van der Waals surface area contributed by atoms with E-state index < -0.39 is 48.7 Å². The number of rotatable bonds is 5. The summed E-state index contributed by atoms with van der Waals surface area (Å²) >= 11 is 7.24. The molecule has 1 aliphatic rings. The van der Waals surface area contributed by atoms with E-state index in [1.165, 1.54) is 11.3 Å². The number of likely N-dealkylation sites (tertiary alicyclic amines) is 1. The number of alkyl halides is 2. The molecule has 10 heteroatoms. The van der Waals surface area contributed by atoms with Crippen molar-refractivity contribution in [2.75, 3.05) is 13.1 Å². The number of carbonyl (C=O) groups is 2. The molecular weight excluding hydrogens is 434 g/mol. The van der Waals surface area contributed by atoms with Gasteiger partial charge in [0.15, 0.2) is 0 Å². The Morgan fingerprint density at radius 3 is 2.70 bits per heavy atom. The summed E-state index contributed by atoms with van der Waals surface area (Å²) in [6.07, 6.45) is -0.696. The van der Waals surface area contributed by atoms with Crippen molar-refractivity contribution >= 4 is 34.8 Å². The normalized spacial score (nSPS) is 18.1. The fourth-order valence-electron chi connectivity index (χ4n) is 3.20. The summed E-state index contributed by atoms with van der Waals surface area (Å²) in [5, 5.41) is 14.3. The monoisotopic (exact) mass is 452 g/mol. The van der Waals surface area contributed by atoms with Crippen LogP contribution in [-0.4, -0.2) is 46.8 Å². The molecule has 0 saturated carbocycles. The predicted molar refractivity (Wildman–Crippen MR) is 109 cm³/mol. The van der Waals surface area contributed by atoms with E-state index in [0.29, 0.717) is 10.0 Å². The van der Waals surface area contributed by atoms with E-state index in [9.17, 15) is 18.4 Å². The molecule has 3 rings (SSSR count). The molecule has 2 heterocycles. The Kier molecular flexibility index (Phi) is 6.11. The van der Waals surface area contributed by atoms with Gasteiger partial charge in [-0.3, -0.25) is 9.59 Å². The van der Waals surface area contributed by atoms with Crippen molar-refractivity contribution in [3.63, 3.8) is 0 Å². The Labute approximate surface area is 181 Å². The molecule has 2 aromatic rings. The lowest BCUT2D eigenvalue weighted by atomic mass is 9.85. The molecule has 30 heavy (non-hydrogen) atoms. The van der Waals surface area contributed by atoms with Crippen LogP contribution in [0.2, 0.25) is 5.02 Å². The number of benzene rings is 1. The minimum Gasteiger partial charge on any atom is -0.342 e. The molecule has 1 N–H and O–H groups in total. The Hall–Kier alpha value is -2.57. The van der Waals surface area contributed by atoms with Crippen molar-refractivity contribution in [1.29, 1.82) is 5.26 Å². The number of hydrogen-bond donors (Lipinski definition) is 1. The molecular formula is C20H19ClF2N4O2S. The zero-order chi connectivity index (χ0) is 22.1. The second-order valence-corrected chi connectivity index (χ2v) is 8.87. The van der Waals surface area contributed by atoms with Gasteiger partial charge in [-0.2, -0.15) is 5.26 Å². The van der Waals surface area contributed by atoms with Crippen molar-refractivity contribution in [2.24, 2.45) is 0 Å². The van der Waals surface area contributed by atoms with Crippen molar-refractivity contribution in [1.82, 2.24) is 15.2 Å². The molecule has 0 bridgehead atoms. The third-order valence-corrected chi connectivity index (χ3v) is 6.39. The topological polar surface area (TPSA) is 86.1 Å². The van der Waals surface area contributed by atoms with Crippen molar-refractivity contribution < 1.29 is 18.4 Å². The molecule has 1 atom stereocenters. The summed E-state index contributed by atoms with van der Waals surface area (Å²) in [5.41, 5.74) is 0.638. The minimum atomic E-state index is -3.10. The number of hydrogen-bond acceptors (Lipinski definition) is 5. The van der Waals surface area contributed by atoms with Crippen LogP contribution in [0.3, 0.4) is 0 Å². The van der Waals surface area contributed by atoms with Gasteiger partial charge in [0.25, 0.3) is 11.8 Å². The summed E-state index contributed by atoms with van der Waals surface area (Å²) < 4.78 is 27.0. The van der Waals surface area contributed by atoms with E-state index in [0.717, 1.165) is 10.5 Å². The zero-order valence-corrected chi connectivity index (χ0v) is 17.9. The third-order valence-electron chi connectivity index (χ3n) is 4.98. The standard InChI is InChI=1S/C20H19ClF2N4O2S/c1-19(2,12-3-5-13(21)6-4-12)18-26-15(10-30-18)17(29)25-9-16(28)27-11-20(22,23)7-14(27)8-24/h3-6,10,14H,7,9,11H2,1-2H3,(H,25,29)/t14-/m0/s1. The Balaban J connectivity index is 1.65. The second-order valence-electron chi connectivity index (χ2n) is 7.58. The molecule has 0 radical (unpaired) electrons. The van der Waals surface area contributed by atoms with Gasteiger partial charge >= 0.3 is 0 Å². The number of halogens is 3. The maximum atomic E-state index is 13.5. The van der Waals surface area contributed by atoms with E-state index in [1.54, 1.807) is 23.6 Å². The third kappa shape index (κ3) is 4.60. The van der Waals surface area contributed by atoms with Crippen LogP contribution in [0, 0.1) is 11.3 Å². The first-order chi connectivity index (χ1) is 14.0. The fraction of sp³-hybridized carbons (Fsp3) is 0.400. The van der Waals surface area contributed by atoms with Gasteiger partial charge in [0.1, 0.15) is 16.7 Å². The van der Waals surface area contributed by atoms with Gasteiger partial charge in [-0.15, -0.1) is 11.3 Å². The number of carbonyl (C=O) groups excluding carboxylic acids is 2. The smallest absolute Gasteiger partial charge is 0.271 e. The second kappa shape index (κ2) is 8.28. The number of aromatic nitrogens is 1. The van der Waals surface area contributed by atoms with Crippen LogP contribution in [0.5, 0.6) is 0 Å². The van der Waals surface area contributed by atoms with Gasteiger partial charge in [-0.25, -0.2) is 13.8 Å². The Morgan fingerprint density at radius 1 is 1.40 bits per heavy atom. The van der Waals surface area contributed by atoms with E-state index in [2.05, 4.69) is 10.3 Å². The lowest BCUT2D eigenvalue weighted by Gasteiger charge is -2.22. The molecule has 1 saturated heterocycles. The molecule has 1 aromatic carbocycles. The highest BCUT2D eigenvalue weighted by Gasteiger charge is 2.47. The highest BCUT2D eigenvalue weighted by molar-refractivity contribution is 7.10. The van der Waals surface area contributed by atoms with Crippen LogP contribution in [0.25, 0.3) is 0 Å². The van der Waals surface area contributed by atoms with Gasteiger partial charge in [0.05, 0.1) is 19.2 Å². The highest BCUT2D eigenvalue weighted by atomic mass is 35.5. The van der Waals surface area contributed by atoms with Crippen molar-refractivity contribution in [3.8, 4) is 6.07 Å². The quantitative estimate of drug-likeness (QED) is 0.750. The summed E-state index contributed by atoms with van der Waals surface area (Å²) in [7, 11) is 0. The van der Waals surface area contributed by atoms with Crippen LogP contribution in [0.15, 0.2) is 29.6 Å². The number of nitriles is 1. The highest BCUT2D eigenvalue weighted by Crippen LogP contribution is 2.34. The van der Waals surface area contributed by atoms with Crippen molar-refractivity contribution in [3.05, 3.63) is 50.9 Å². The lowest BCUT2D eigenvalue weighted by Crippen LogP contribution is -2.43. The van der Waals surface area contributed by atoms with Gasteiger partial charge in [-0.1, -0.05) is 23.7 Å². The molecule has 0 spiro atoms. The largest absolute Gasteiger partial charge is 0.342 e. The van der Waals surface area contributed by atoms with Gasteiger partial charge < -0.3 is 10.2 Å². The molecule has 0 unspecified atom stereocenters. The SMILES string of the molecule is CC(C)(c1ccc(Cl)cc1)c1nc(C(=O)NCC(=O)N2CC(F)(F)C[C@H]2C#N)cs1.